The minimum atomic E-state index is -3.78. The van der Waals surface area contributed by atoms with Crippen LogP contribution in [-0.4, -0.2) is 38.3 Å². The maximum absolute atomic E-state index is 13.4. The maximum Gasteiger partial charge on any atom is 0.243 e. The van der Waals surface area contributed by atoms with Crippen molar-refractivity contribution in [3.63, 3.8) is 0 Å². The van der Waals surface area contributed by atoms with Gasteiger partial charge in [0.25, 0.3) is 0 Å². The maximum atomic E-state index is 13.4. The summed E-state index contributed by atoms with van der Waals surface area (Å²) in [5.74, 6) is -1.44. The lowest BCUT2D eigenvalue weighted by Gasteiger charge is -2.18. The number of nitrogens with one attached hydrogen (secondary N) is 1. The van der Waals surface area contributed by atoms with Gasteiger partial charge in [-0.2, -0.15) is 4.31 Å². The molecular formula is C21H24ClFN2O3S. The molecule has 0 radical (unpaired) electrons. The van der Waals surface area contributed by atoms with E-state index in [0.717, 1.165) is 18.4 Å². The number of amides is 1. The van der Waals surface area contributed by atoms with Crippen molar-refractivity contribution < 1.29 is 17.6 Å². The first-order chi connectivity index (χ1) is 13.8. The van der Waals surface area contributed by atoms with E-state index >= 15 is 0 Å². The lowest BCUT2D eigenvalue weighted by Crippen LogP contribution is -2.36. The lowest BCUT2D eigenvalue weighted by atomic mass is 9.88. The van der Waals surface area contributed by atoms with E-state index in [2.05, 4.69) is 5.32 Å². The van der Waals surface area contributed by atoms with Gasteiger partial charge in [0.2, 0.25) is 15.9 Å². The zero-order chi connectivity index (χ0) is 21.0. The molecular weight excluding hydrogens is 415 g/mol. The Labute approximate surface area is 175 Å². The largest absolute Gasteiger partial charge is 0.356 e. The molecule has 0 spiro atoms. The molecule has 1 aliphatic rings. The molecule has 0 saturated carbocycles. The Bertz CT molecular complexity index is 949. The van der Waals surface area contributed by atoms with E-state index in [1.165, 1.54) is 40.7 Å². The van der Waals surface area contributed by atoms with Crippen molar-refractivity contribution >= 4 is 27.5 Å². The molecule has 0 unspecified atom stereocenters. The Morgan fingerprint density at radius 2 is 1.79 bits per heavy atom. The van der Waals surface area contributed by atoms with Crippen molar-refractivity contribution in [1.82, 2.24) is 9.62 Å². The molecule has 8 heteroatoms. The van der Waals surface area contributed by atoms with Crippen LogP contribution < -0.4 is 5.32 Å². The minimum Gasteiger partial charge on any atom is -0.356 e. The van der Waals surface area contributed by atoms with Crippen molar-refractivity contribution in [3.05, 3.63) is 64.9 Å². The fourth-order valence-electron chi connectivity index (χ4n) is 3.55. The highest BCUT2D eigenvalue weighted by Gasteiger charge is 2.43. The van der Waals surface area contributed by atoms with Gasteiger partial charge in [-0.25, -0.2) is 12.8 Å². The quantitative estimate of drug-likeness (QED) is 0.668. The Hall–Kier alpha value is -1.96. The Morgan fingerprint density at radius 3 is 2.41 bits per heavy atom. The normalized spacial score (nSPS) is 20.0. The molecule has 0 aliphatic carbocycles. The lowest BCUT2D eigenvalue weighted by molar-refractivity contribution is -0.124. The molecule has 0 aromatic heterocycles. The standard InChI is InChI=1S/C21H24ClFN2O3S/c1-2-3-12-24-21(26)20-14-25(13-19(20)15-4-8-17(23)9-5-15)29(27,28)18-10-6-16(22)7-11-18/h4-11,19-20H,2-3,12-14H2,1H3,(H,24,26)/t19-,20-/m1/s1. The van der Waals surface area contributed by atoms with Crippen LogP contribution in [-0.2, 0) is 14.8 Å². The highest BCUT2D eigenvalue weighted by molar-refractivity contribution is 7.89. The summed E-state index contributed by atoms with van der Waals surface area (Å²) >= 11 is 5.87. The molecule has 0 bridgehead atoms. The molecule has 2 aromatic carbocycles. The number of hydrogen-bond acceptors (Lipinski definition) is 3. The number of benzene rings is 2. The predicted octanol–water partition coefficient (Wildman–Crippen LogP) is 3.80. The minimum absolute atomic E-state index is 0.0744. The third-order valence-electron chi connectivity index (χ3n) is 5.20. The predicted molar refractivity (Wildman–Crippen MR) is 111 cm³/mol. The number of nitrogens with zero attached hydrogens (tertiary/aromatic N) is 1. The summed E-state index contributed by atoms with van der Waals surface area (Å²) in [6, 6.07) is 11.9. The van der Waals surface area contributed by atoms with Crippen molar-refractivity contribution in [2.24, 2.45) is 5.92 Å². The molecule has 5 nitrogen and oxygen atoms in total. The summed E-state index contributed by atoms with van der Waals surface area (Å²) in [6.45, 7) is 2.81. The first-order valence-corrected chi connectivity index (χ1v) is 11.4. The third kappa shape index (κ3) is 4.97. The highest BCUT2D eigenvalue weighted by Crippen LogP contribution is 2.36. The van der Waals surface area contributed by atoms with Gasteiger partial charge in [-0.05, 0) is 48.4 Å². The molecule has 1 aliphatic heterocycles. The van der Waals surface area contributed by atoms with Crippen LogP contribution in [0, 0.1) is 11.7 Å². The smallest absolute Gasteiger partial charge is 0.243 e. The van der Waals surface area contributed by atoms with E-state index < -0.39 is 15.9 Å². The molecule has 1 heterocycles. The summed E-state index contributed by atoms with van der Waals surface area (Å²) in [5, 5.41) is 3.35. The van der Waals surface area contributed by atoms with E-state index in [1.54, 1.807) is 12.1 Å². The average Bonchev–Trinajstić information content (AvgIpc) is 3.15. The van der Waals surface area contributed by atoms with Crippen LogP contribution in [0.15, 0.2) is 53.4 Å². The van der Waals surface area contributed by atoms with Crippen molar-refractivity contribution in [3.8, 4) is 0 Å². The van der Waals surface area contributed by atoms with Gasteiger partial charge < -0.3 is 5.32 Å². The molecule has 156 valence electrons. The summed E-state index contributed by atoms with van der Waals surface area (Å²) < 4.78 is 40.9. The van der Waals surface area contributed by atoms with E-state index in [1.807, 2.05) is 6.92 Å². The summed E-state index contributed by atoms with van der Waals surface area (Å²) in [7, 11) is -3.78. The number of unbranched alkanes of at least 4 members (excludes halogenated alkanes) is 1. The van der Waals surface area contributed by atoms with Gasteiger partial charge in [0.05, 0.1) is 10.8 Å². The SMILES string of the molecule is CCCCNC(=O)[C@@H]1CN(S(=O)(=O)c2ccc(Cl)cc2)C[C@@H]1c1ccc(F)cc1. The molecule has 3 rings (SSSR count). The second-order valence-electron chi connectivity index (χ2n) is 7.19. The molecule has 1 N–H and O–H groups in total. The van der Waals surface area contributed by atoms with Crippen LogP contribution in [0.25, 0.3) is 0 Å². The Morgan fingerprint density at radius 1 is 1.14 bits per heavy atom. The van der Waals surface area contributed by atoms with Gasteiger partial charge in [0.15, 0.2) is 0 Å². The molecule has 1 fully saturated rings. The number of hydrogen-bond donors (Lipinski definition) is 1. The summed E-state index contributed by atoms with van der Waals surface area (Å²) in [6.07, 6.45) is 1.80. The second kappa shape index (κ2) is 9.24. The fraction of sp³-hybridized carbons (Fsp3) is 0.381. The zero-order valence-corrected chi connectivity index (χ0v) is 17.7. The van der Waals surface area contributed by atoms with E-state index in [-0.39, 0.29) is 35.6 Å². The van der Waals surface area contributed by atoms with E-state index in [9.17, 15) is 17.6 Å². The van der Waals surface area contributed by atoms with Crippen LogP contribution in [0.3, 0.4) is 0 Å². The molecule has 1 amide bonds. The van der Waals surface area contributed by atoms with Gasteiger partial charge in [0, 0.05) is 30.6 Å². The topological polar surface area (TPSA) is 66.5 Å². The van der Waals surface area contributed by atoms with Gasteiger partial charge >= 0.3 is 0 Å². The van der Waals surface area contributed by atoms with Crippen molar-refractivity contribution in [1.29, 1.82) is 0 Å². The zero-order valence-electron chi connectivity index (χ0n) is 16.1. The fourth-order valence-corrected chi connectivity index (χ4v) is 5.17. The van der Waals surface area contributed by atoms with Crippen LogP contribution in [0.1, 0.15) is 31.2 Å². The van der Waals surface area contributed by atoms with Crippen LogP contribution in [0.5, 0.6) is 0 Å². The van der Waals surface area contributed by atoms with E-state index in [4.69, 9.17) is 11.6 Å². The summed E-state index contributed by atoms with van der Waals surface area (Å²) in [4.78, 5) is 12.9. The highest BCUT2D eigenvalue weighted by atomic mass is 35.5. The van der Waals surface area contributed by atoms with Gasteiger partial charge in [-0.15, -0.1) is 0 Å². The third-order valence-corrected chi connectivity index (χ3v) is 7.30. The number of sulfonamides is 1. The second-order valence-corrected chi connectivity index (χ2v) is 9.56. The molecule has 29 heavy (non-hydrogen) atoms. The summed E-state index contributed by atoms with van der Waals surface area (Å²) in [5.41, 5.74) is 0.746. The monoisotopic (exact) mass is 438 g/mol. The van der Waals surface area contributed by atoms with Crippen LogP contribution in [0.4, 0.5) is 4.39 Å². The number of carbonyl (C=O) groups excluding carboxylic acids is 1. The van der Waals surface area contributed by atoms with Gasteiger partial charge in [-0.3, -0.25) is 4.79 Å². The van der Waals surface area contributed by atoms with Gasteiger partial charge in [-0.1, -0.05) is 37.1 Å². The first-order valence-electron chi connectivity index (χ1n) is 9.62. The Kier molecular flexibility index (Phi) is 6.93. The molecule has 2 aromatic rings. The average molecular weight is 439 g/mol. The van der Waals surface area contributed by atoms with Crippen molar-refractivity contribution in [2.75, 3.05) is 19.6 Å². The first kappa shape index (κ1) is 21.7. The van der Waals surface area contributed by atoms with Crippen molar-refractivity contribution in [2.45, 2.75) is 30.6 Å². The van der Waals surface area contributed by atoms with Crippen LogP contribution >= 0.6 is 11.6 Å². The number of halogens is 2. The van der Waals surface area contributed by atoms with Gasteiger partial charge in [0.1, 0.15) is 5.82 Å². The molecule has 2 atom stereocenters. The van der Waals surface area contributed by atoms with Crippen LogP contribution in [0.2, 0.25) is 5.02 Å². The number of carbonyl (C=O) groups is 1. The molecule has 1 saturated heterocycles. The van der Waals surface area contributed by atoms with E-state index in [0.29, 0.717) is 11.6 Å². The number of rotatable bonds is 7. The Balaban J connectivity index is 1.88.